The Morgan fingerprint density at radius 3 is 1.32 bits per heavy atom. The van der Waals surface area contributed by atoms with E-state index in [9.17, 15) is 21.6 Å². The lowest BCUT2D eigenvalue weighted by molar-refractivity contribution is 0.101. The van der Waals surface area contributed by atoms with Crippen molar-refractivity contribution >= 4 is 37.1 Å². The fourth-order valence-electron chi connectivity index (χ4n) is 4.67. The highest BCUT2D eigenvalue weighted by molar-refractivity contribution is 8.08. The number of hydrogen-bond donors (Lipinski definition) is 0. The van der Waals surface area contributed by atoms with Gasteiger partial charge in [-0.3, -0.25) is 4.79 Å². The largest absolute Gasteiger partial charge is 0.294 e. The Balaban J connectivity index is 1.62. The van der Waals surface area contributed by atoms with E-state index in [1.165, 1.54) is 49.4 Å². The van der Waals surface area contributed by atoms with Gasteiger partial charge in [0.2, 0.25) is 0 Å². The Hall–Kier alpha value is -4.04. The van der Waals surface area contributed by atoms with Crippen molar-refractivity contribution in [2.45, 2.75) is 21.3 Å². The van der Waals surface area contributed by atoms with E-state index in [2.05, 4.69) is 0 Å². The van der Waals surface area contributed by atoms with Crippen molar-refractivity contribution in [3.05, 3.63) is 144 Å². The number of carbonyl (C=O) groups excluding carboxylic acids is 1. The number of benzene rings is 5. The highest BCUT2D eigenvalue weighted by Crippen LogP contribution is 2.40. The van der Waals surface area contributed by atoms with Crippen LogP contribution >= 0.6 is 11.6 Å². The van der Waals surface area contributed by atoms with Gasteiger partial charge in [0.05, 0.1) is 14.8 Å². The van der Waals surface area contributed by atoms with Gasteiger partial charge in [-0.2, -0.15) is 0 Å². The predicted octanol–water partition coefficient (Wildman–Crippen LogP) is 7.82. The third kappa shape index (κ3) is 5.75. The van der Waals surface area contributed by atoms with Crippen molar-refractivity contribution in [1.82, 2.24) is 0 Å². The minimum Gasteiger partial charge on any atom is -0.294 e. The number of rotatable bonds is 8. The Bertz CT molecular complexity index is 1810. The number of Topliss-reactive ketones (excluding diaryl/α,β-unsaturated/α-hetero) is 1. The standard InChI is InChI=1S/C33H25ClO5S2/c1-23(35)31-21-16-28(22-32(31)34)33(40(36,37)29-17-12-26(13-18-29)24-8-4-2-5-9-24)41(38,39)30-19-14-27(15-20-30)25-10-6-3-7-11-25/h2-22,33H,1H3. The second-order valence-electron chi connectivity index (χ2n) is 9.50. The highest BCUT2D eigenvalue weighted by Gasteiger charge is 2.41. The summed E-state index contributed by atoms with van der Waals surface area (Å²) in [7, 11) is -9.01. The van der Waals surface area contributed by atoms with Crippen molar-refractivity contribution in [2.24, 2.45) is 0 Å². The van der Waals surface area contributed by atoms with Gasteiger partial charge in [0.25, 0.3) is 0 Å². The second kappa shape index (κ2) is 11.4. The third-order valence-corrected chi connectivity index (χ3v) is 12.2. The molecule has 0 aromatic heterocycles. The molecule has 5 aromatic rings. The monoisotopic (exact) mass is 600 g/mol. The van der Waals surface area contributed by atoms with Crippen molar-refractivity contribution in [1.29, 1.82) is 0 Å². The molecule has 8 heteroatoms. The van der Waals surface area contributed by atoms with E-state index in [-0.39, 0.29) is 31.7 Å². The van der Waals surface area contributed by atoms with Crippen LogP contribution in [0.4, 0.5) is 0 Å². The van der Waals surface area contributed by atoms with Crippen LogP contribution in [-0.4, -0.2) is 22.6 Å². The zero-order valence-electron chi connectivity index (χ0n) is 21.9. The maximum absolute atomic E-state index is 14.1. The van der Waals surface area contributed by atoms with Crippen LogP contribution in [-0.2, 0) is 19.7 Å². The molecule has 0 amide bonds. The zero-order chi connectivity index (χ0) is 29.2. The van der Waals surface area contributed by atoms with E-state index in [0.717, 1.165) is 22.3 Å². The van der Waals surface area contributed by atoms with Crippen LogP contribution in [0.3, 0.4) is 0 Å². The molecular formula is C33H25ClO5S2. The summed E-state index contributed by atoms with van der Waals surface area (Å²) in [5, 5.41) is -0.0238. The van der Waals surface area contributed by atoms with Gasteiger partial charge >= 0.3 is 0 Å². The first-order chi connectivity index (χ1) is 19.6. The maximum Gasteiger partial charge on any atom is 0.200 e. The molecule has 5 nitrogen and oxygen atoms in total. The average molecular weight is 601 g/mol. The molecule has 0 aliphatic heterocycles. The molecule has 5 rings (SSSR count). The molecule has 0 N–H and O–H groups in total. The molecule has 0 saturated carbocycles. The molecular weight excluding hydrogens is 576 g/mol. The fourth-order valence-corrected chi connectivity index (χ4v) is 9.53. The Morgan fingerprint density at radius 2 is 0.951 bits per heavy atom. The minimum atomic E-state index is -4.50. The van der Waals surface area contributed by atoms with E-state index >= 15 is 0 Å². The van der Waals surface area contributed by atoms with E-state index in [1.54, 1.807) is 24.3 Å². The predicted molar refractivity (Wildman–Crippen MR) is 162 cm³/mol. The third-order valence-electron chi connectivity index (χ3n) is 6.79. The van der Waals surface area contributed by atoms with E-state index in [1.807, 2.05) is 60.7 Å². The summed E-state index contributed by atoms with van der Waals surface area (Å²) in [6.45, 7) is 1.33. The molecule has 0 atom stereocenters. The van der Waals surface area contributed by atoms with E-state index in [0.29, 0.717) is 0 Å². The molecule has 0 aliphatic rings. The molecule has 0 saturated heterocycles. The van der Waals surface area contributed by atoms with Crippen LogP contribution in [0, 0.1) is 0 Å². The van der Waals surface area contributed by atoms with E-state index in [4.69, 9.17) is 11.6 Å². The molecule has 0 aliphatic carbocycles. The fraction of sp³-hybridized carbons (Fsp3) is 0.0606. The van der Waals surface area contributed by atoms with Gasteiger partial charge in [0.1, 0.15) is 0 Å². The van der Waals surface area contributed by atoms with Crippen molar-refractivity contribution in [3.8, 4) is 22.3 Å². The summed E-state index contributed by atoms with van der Waals surface area (Å²) >= 11 is 6.33. The maximum atomic E-state index is 14.1. The normalized spacial score (nSPS) is 11.9. The van der Waals surface area contributed by atoms with Gasteiger partial charge in [-0.15, -0.1) is 0 Å². The quantitative estimate of drug-likeness (QED) is 0.169. The van der Waals surface area contributed by atoms with Gasteiger partial charge in [-0.05, 0) is 71.1 Å². The minimum absolute atomic E-state index is 0.0238. The molecule has 0 unspecified atom stereocenters. The molecule has 5 aromatic carbocycles. The van der Waals surface area contributed by atoms with Crippen LogP contribution in [0.5, 0.6) is 0 Å². The molecule has 0 heterocycles. The first-order valence-corrected chi connectivity index (χ1v) is 16.2. The van der Waals surface area contributed by atoms with Crippen LogP contribution < -0.4 is 0 Å². The lowest BCUT2D eigenvalue weighted by atomic mass is 10.1. The van der Waals surface area contributed by atoms with Crippen LogP contribution in [0.1, 0.15) is 27.4 Å². The highest BCUT2D eigenvalue weighted by atomic mass is 35.5. The Morgan fingerprint density at radius 1 is 0.561 bits per heavy atom. The average Bonchev–Trinajstić information content (AvgIpc) is 2.98. The van der Waals surface area contributed by atoms with Crippen molar-refractivity contribution < 1.29 is 21.6 Å². The molecule has 0 spiro atoms. The van der Waals surface area contributed by atoms with Crippen LogP contribution in [0.25, 0.3) is 22.3 Å². The topological polar surface area (TPSA) is 85.3 Å². The second-order valence-corrected chi connectivity index (χ2v) is 14.3. The SMILES string of the molecule is CC(=O)c1ccc(C(S(=O)(=O)c2ccc(-c3ccccc3)cc2)S(=O)(=O)c2ccc(-c3ccccc3)cc2)cc1Cl. The van der Waals surface area contributed by atoms with Crippen molar-refractivity contribution in [3.63, 3.8) is 0 Å². The number of sulfone groups is 2. The first kappa shape index (κ1) is 28.5. The first-order valence-electron chi connectivity index (χ1n) is 12.7. The van der Waals surface area contributed by atoms with Gasteiger partial charge in [0.15, 0.2) is 30.0 Å². The van der Waals surface area contributed by atoms with Crippen LogP contribution in [0.2, 0.25) is 5.02 Å². The van der Waals surface area contributed by atoms with Gasteiger partial charge in [-0.1, -0.05) is 103 Å². The molecule has 0 radical (unpaired) electrons. The molecule has 0 bridgehead atoms. The summed E-state index contributed by atoms with van der Waals surface area (Å²) < 4.78 is 54.5. The summed E-state index contributed by atoms with van der Waals surface area (Å²) in [6, 6.07) is 35.0. The summed E-state index contributed by atoms with van der Waals surface area (Å²) in [6.07, 6.45) is 0. The van der Waals surface area contributed by atoms with Gasteiger partial charge in [-0.25, -0.2) is 16.8 Å². The van der Waals surface area contributed by atoms with Crippen molar-refractivity contribution in [2.75, 3.05) is 0 Å². The van der Waals surface area contributed by atoms with E-state index < -0.39 is 24.3 Å². The number of hydrogen-bond acceptors (Lipinski definition) is 5. The Kier molecular flexibility index (Phi) is 7.95. The molecule has 0 fully saturated rings. The number of ketones is 1. The Labute approximate surface area is 244 Å². The summed E-state index contributed by atoms with van der Waals surface area (Å²) in [5.41, 5.74) is 3.47. The zero-order valence-corrected chi connectivity index (χ0v) is 24.3. The lowest BCUT2D eigenvalue weighted by Crippen LogP contribution is -2.23. The number of carbonyl (C=O) groups is 1. The van der Waals surface area contributed by atoms with Gasteiger partial charge in [0, 0.05) is 5.56 Å². The molecule has 41 heavy (non-hydrogen) atoms. The lowest BCUT2D eigenvalue weighted by Gasteiger charge is -2.20. The van der Waals surface area contributed by atoms with Crippen LogP contribution in [0.15, 0.2) is 137 Å². The van der Waals surface area contributed by atoms with Gasteiger partial charge < -0.3 is 0 Å². The molecule has 206 valence electrons. The summed E-state index contributed by atoms with van der Waals surface area (Å²) in [4.78, 5) is 11.7. The number of halogens is 1. The summed E-state index contributed by atoms with van der Waals surface area (Å²) in [5.74, 6) is -0.322. The smallest absolute Gasteiger partial charge is 0.200 e.